The number of nitrogens with one attached hydrogen (secondary N) is 1. The Morgan fingerprint density at radius 1 is 1.30 bits per heavy atom. The van der Waals surface area contributed by atoms with Crippen LogP contribution in [-0.4, -0.2) is 17.6 Å². The zero-order chi connectivity index (χ0) is 16.5. The van der Waals surface area contributed by atoms with Crippen molar-refractivity contribution in [2.24, 2.45) is 0 Å². The van der Waals surface area contributed by atoms with E-state index in [4.69, 9.17) is 22.1 Å². The molecule has 0 fully saturated rings. The molecule has 2 rings (SSSR count). The summed E-state index contributed by atoms with van der Waals surface area (Å²) in [5.74, 6) is 5.74. The van der Waals surface area contributed by atoms with Crippen LogP contribution in [0.5, 0.6) is 0 Å². The Hall–Kier alpha value is -2.71. The van der Waals surface area contributed by atoms with Crippen LogP contribution in [0.2, 0.25) is 5.15 Å². The molecule has 0 radical (unpaired) electrons. The van der Waals surface area contributed by atoms with Gasteiger partial charge in [0.1, 0.15) is 11.8 Å². The topological polar surface area (TPSA) is 77.2 Å². The fourth-order valence-corrected chi connectivity index (χ4v) is 1.94. The van der Waals surface area contributed by atoms with Crippen LogP contribution in [0.15, 0.2) is 42.6 Å². The first-order valence-electron chi connectivity index (χ1n) is 7.00. The van der Waals surface area contributed by atoms with Gasteiger partial charge in [0, 0.05) is 19.2 Å². The molecule has 1 heterocycles. The van der Waals surface area contributed by atoms with E-state index in [0.717, 1.165) is 5.56 Å². The molecular weight excluding hydrogens is 314 g/mol. The largest absolute Gasteiger partial charge is 0.445 e. The third kappa shape index (κ3) is 5.53. The number of carbonyl (C=O) groups excluding carboxylic acids is 1. The number of pyridine rings is 1. The van der Waals surface area contributed by atoms with Gasteiger partial charge in [-0.3, -0.25) is 0 Å². The van der Waals surface area contributed by atoms with E-state index in [9.17, 15) is 4.79 Å². The number of alkyl carbamates (subject to hydrolysis) is 1. The standard InChI is InChI=1S/C17H16ClN3O2/c18-16-14(15(19)9-11-20-16)8-4-5-10-21-17(22)23-12-13-6-2-1-3-7-13/h1-3,6-7,9,11H,5,10,12H2,(H2,19,20)(H,21,22). The summed E-state index contributed by atoms with van der Waals surface area (Å²) in [4.78, 5) is 15.4. The molecule has 0 aliphatic heterocycles. The zero-order valence-electron chi connectivity index (χ0n) is 12.4. The summed E-state index contributed by atoms with van der Waals surface area (Å²) in [5, 5.41) is 2.90. The highest BCUT2D eigenvalue weighted by Crippen LogP contribution is 2.17. The van der Waals surface area contributed by atoms with Crippen LogP contribution in [0.3, 0.4) is 0 Å². The second-order valence-electron chi connectivity index (χ2n) is 4.61. The fraction of sp³-hybridized carbons (Fsp3) is 0.176. The molecule has 0 spiro atoms. The minimum absolute atomic E-state index is 0.236. The van der Waals surface area contributed by atoms with Crippen molar-refractivity contribution in [2.75, 3.05) is 12.3 Å². The summed E-state index contributed by atoms with van der Waals surface area (Å²) in [6.45, 7) is 0.610. The number of nitrogen functional groups attached to an aromatic ring is 1. The predicted molar refractivity (Wildman–Crippen MR) is 89.8 cm³/mol. The van der Waals surface area contributed by atoms with E-state index in [0.29, 0.717) is 24.2 Å². The normalized spacial score (nSPS) is 9.61. The Balaban J connectivity index is 1.71. The predicted octanol–water partition coefficient (Wildman–Crippen LogP) is 2.99. The van der Waals surface area contributed by atoms with Gasteiger partial charge in [-0.05, 0) is 11.6 Å². The number of carbonyl (C=O) groups is 1. The van der Waals surface area contributed by atoms with Gasteiger partial charge >= 0.3 is 6.09 Å². The molecular formula is C17H16ClN3O2. The Labute approximate surface area is 139 Å². The SMILES string of the molecule is Nc1ccnc(Cl)c1C#CCCNC(=O)OCc1ccccc1. The van der Waals surface area contributed by atoms with Crippen molar-refractivity contribution in [1.29, 1.82) is 0 Å². The molecule has 0 bridgehead atoms. The molecule has 1 aromatic heterocycles. The third-order valence-electron chi connectivity index (χ3n) is 2.88. The molecule has 23 heavy (non-hydrogen) atoms. The lowest BCUT2D eigenvalue weighted by Gasteiger charge is -2.05. The molecule has 118 valence electrons. The van der Waals surface area contributed by atoms with Crippen molar-refractivity contribution in [3.8, 4) is 11.8 Å². The summed E-state index contributed by atoms with van der Waals surface area (Å²) in [7, 11) is 0. The molecule has 0 aliphatic carbocycles. The number of aromatic nitrogens is 1. The molecule has 0 saturated carbocycles. The quantitative estimate of drug-likeness (QED) is 0.513. The van der Waals surface area contributed by atoms with Crippen molar-refractivity contribution in [1.82, 2.24) is 10.3 Å². The Bertz CT molecular complexity index is 703. The lowest BCUT2D eigenvalue weighted by molar-refractivity contribution is 0.140. The third-order valence-corrected chi connectivity index (χ3v) is 3.17. The number of nitrogens with zero attached hydrogens (tertiary/aromatic N) is 1. The molecule has 1 aromatic carbocycles. The van der Waals surface area contributed by atoms with Gasteiger partial charge in [0.05, 0.1) is 11.3 Å². The first kappa shape index (κ1) is 16.7. The minimum atomic E-state index is -0.477. The summed E-state index contributed by atoms with van der Waals surface area (Å²) in [6, 6.07) is 11.1. The zero-order valence-corrected chi connectivity index (χ0v) is 13.1. The molecule has 0 atom stereocenters. The van der Waals surface area contributed by atoms with Crippen LogP contribution in [0, 0.1) is 11.8 Å². The van der Waals surface area contributed by atoms with Gasteiger partial charge in [0.25, 0.3) is 0 Å². The van der Waals surface area contributed by atoms with E-state index in [2.05, 4.69) is 22.1 Å². The van der Waals surface area contributed by atoms with E-state index in [1.807, 2.05) is 30.3 Å². The van der Waals surface area contributed by atoms with Gasteiger partial charge in [-0.2, -0.15) is 0 Å². The summed E-state index contributed by atoms with van der Waals surface area (Å²) in [6.07, 6.45) is 1.49. The second kappa shape index (κ2) is 8.66. The summed E-state index contributed by atoms with van der Waals surface area (Å²) < 4.78 is 5.08. The minimum Gasteiger partial charge on any atom is -0.445 e. The van der Waals surface area contributed by atoms with E-state index in [-0.39, 0.29) is 11.8 Å². The van der Waals surface area contributed by atoms with Gasteiger partial charge in [-0.1, -0.05) is 53.8 Å². The van der Waals surface area contributed by atoms with Crippen LogP contribution >= 0.6 is 11.6 Å². The van der Waals surface area contributed by atoms with Gasteiger partial charge < -0.3 is 15.8 Å². The van der Waals surface area contributed by atoms with E-state index in [1.54, 1.807) is 6.07 Å². The van der Waals surface area contributed by atoms with Gasteiger partial charge in [0.2, 0.25) is 0 Å². The van der Waals surface area contributed by atoms with Crippen LogP contribution in [0.25, 0.3) is 0 Å². The maximum absolute atomic E-state index is 11.5. The highest BCUT2D eigenvalue weighted by molar-refractivity contribution is 6.30. The van der Waals surface area contributed by atoms with Crippen LogP contribution in [0.1, 0.15) is 17.5 Å². The molecule has 0 unspecified atom stereocenters. The number of anilines is 1. The Morgan fingerprint density at radius 3 is 2.83 bits per heavy atom. The highest BCUT2D eigenvalue weighted by atomic mass is 35.5. The number of nitrogens with two attached hydrogens (primary N) is 1. The lowest BCUT2D eigenvalue weighted by Crippen LogP contribution is -2.24. The van der Waals surface area contributed by atoms with Crippen molar-refractivity contribution in [2.45, 2.75) is 13.0 Å². The summed E-state index contributed by atoms with van der Waals surface area (Å²) >= 11 is 5.91. The van der Waals surface area contributed by atoms with E-state index >= 15 is 0 Å². The first-order valence-corrected chi connectivity index (χ1v) is 7.38. The number of hydrogen-bond donors (Lipinski definition) is 2. The average Bonchev–Trinajstić information content (AvgIpc) is 2.56. The molecule has 2 aromatic rings. The summed E-state index contributed by atoms with van der Waals surface area (Å²) in [5.41, 5.74) is 7.68. The first-order chi connectivity index (χ1) is 11.2. The number of amides is 1. The molecule has 3 N–H and O–H groups in total. The molecule has 1 amide bonds. The molecule has 0 saturated heterocycles. The number of benzene rings is 1. The van der Waals surface area contributed by atoms with Gasteiger partial charge in [-0.15, -0.1) is 0 Å². The second-order valence-corrected chi connectivity index (χ2v) is 4.96. The molecule has 0 aliphatic rings. The molecule has 5 nitrogen and oxygen atoms in total. The number of hydrogen-bond acceptors (Lipinski definition) is 4. The van der Waals surface area contributed by atoms with Crippen molar-refractivity contribution >= 4 is 23.4 Å². The van der Waals surface area contributed by atoms with Crippen LogP contribution < -0.4 is 11.1 Å². The van der Waals surface area contributed by atoms with Gasteiger partial charge in [0.15, 0.2) is 0 Å². The van der Waals surface area contributed by atoms with Crippen molar-refractivity contribution in [3.63, 3.8) is 0 Å². The van der Waals surface area contributed by atoms with E-state index < -0.39 is 6.09 Å². The Kier molecular flexibility index (Phi) is 6.28. The van der Waals surface area contributed by atoms with Crippen molar-refractivity contribution in [3.05, 3.63) is 58.9 Å². The maximum atomic E-state index is 11.5. The smallest absolute Gasteiger partial charge is 0.407 e. The van der Waals surface area contributed by atoms with Crippen LogP contribution in [0.4, 0.5) is 10.5 Å². The van der Waals surface area contributed by atoms with Crippen molar-refractivity contribution < 1.29 is 9.53 Å². The Morgan fingerprint density at radius 2 is 2.09 bits per heavy atom. The monoisotopic (exact) mass is 329 g/mol. The van der Waals surface area contributed by atoms with Gasteiger partial charge in [-0.25, -0.2) is 9.78 Å². The number of halogens is 1. The lowest BCUT2D eigenvalue weighted by atomic mass is 10.2. The highest BCUT2D eigenvalue weighted by Gasteiger charge is 2.02. The molecule has 6 heteroatoms. The maximum Gasteiger partial charge on any atom is 0.407 e. The number of rotatable bonds is 4. The number of ether oxygens (including phenoxy) is 1. The fourth-order valence-electron chi connectivity index (χ4n) is 1.73. The average molecular weight is 330 g/mol. The van der Waals surface area contributed by atoms with E-state index in [1.165, 1.54) is 6.20 Å². The van der Waals surface area contributed by atoms with Crippen LogP contribution in [-0.2, 0) is 11.3 Å².